The van der Waals surface area contributed by atoms with Crippen LogP contribution in [0.25, 0.3) is 0 Å². The molecular formula is C22H31N9O5S2. The normalized spacial score (nSPS) is 31.2. The van der Waals surface area contributed by atoms with Crippen molar-refractivity contribution in [2.75, 3.05) is 24.7 Å². The van der Waals surface area contributed by atoms with E-state index in [4.69, 9.17) is 0 Å². The van der Waals surface area contributed by atoms with Gasteiger partial charge in [0.15, 0.2) is 0 Å². The first-order valence-electron chi connectivity index (χ1n) is 12.5. The maximum atomic E-state index is 13.1. The Labute approximate surface area is 227 Å². The number of tetrazole rings is 1. The van der Waals surface area contributed by atoms with Crippen molar-refractivity contribution < 1.29 is 24.3 Å². The Bertz CT molecular complexity index is 1130. The molecule has 3 saturated heterocycles. The average molecular weight is 566 g/mol. The number of β-lactam (4-membered cyclic amide) rings is 1. The van der Waals surface area contributed by atoms with Crippen molar-refractivity contribution in [2.45, 2.75) is 56.2 Å². The Morgan fingerprint density at radius 2 is 2.16 bits per heavy atom. The predicted octanol–water partition coefficient (Wildman–Crippen LogP) is -1.81. The van der Waals surface area contributed by atoms with Crippen LogP contribution in [0.15, 0.2) is 16.9 Å². The van der Waals surface area contributed by atoms with Crippen molar-refractivity contribution in [3.8, 4) is 0 Å². The number of fused-ring (bicyclic) bond motifs is 1. The maximum Gasteiger partial charge on any atom is 0.353 e. The van der Waals surface area contributed by atoms with Gasteiger partial charge in [0.1, 0.15) is 18.6 Å². The second kappa shape index (κ2) is 11.2. The highest BCUT2D eigenvalue weighted by atomic mass is 32.2. The average Bonchev–Trinajstić information content (AvgIpc) is 3.67. The SMILES string of the molecule is C[C@@H](NC(=O)Cn1cnnn1)[C@H]1C(=O)N2C(C(=O)O)=C(S[C@@H]3CN[C@H](CNC(=O)C4CSCN4)C3)[C@H](C)[C@H]12. The van der Waals surface area contributed by atoms with E-state index in [2.05, 4.69) is 36.8 Å². The number of carboxylic acid groups (broad SMARTS) is 1. The fourth-order valence-electron chi connectivity index (χ4n) is 5.60. The van der Waals surface area contributed by atoms with Gasteiger partial charge in [-0.05, 0) is 23.8 Å². The van der Waals surface area contributed by atoms with E-state index in [1.807, 2.05) is 6.92 Å². The van der Waals surface area contributed by atoms with Crippen LogP contribution in [0.1, 0.15) is 20.3 Å². The molecule has 1 aromatic rings. The minimum atomic E-state index is -1.12. The molecule has 38 heavy (non-hydrogen) atoms. The molecule has 3 amide bonds. The summed E-state index contributed by atoms with van der Waals surface area (Å²) in [7, 11) is 0. The minimum absolute atomic E-state index is 0.00119. The van der Waals surface area contributed by atoms with Gasteiger partial charge in [-0.3, -0.25) is 19.7 Å². The Morgan fingerprint density at radius 3 is 2.84 bits per heavy atom. The summed E-state index contributed by atoms with van der Waals surface area (Å²) in [6.45, 7) is 4.81. The smallest absolute Gasteiger partial charge is 0.353 e. The Kier molecular flexibility index (Phi) is 7.93. The van der Waals surface area contributed by atoms with Crippen molar-refractivity contribution in [1.82, 2.24) is 46.4 Å². The Morgan fingerprint density at radius 1 is 1.34 bits per heavy atom. The molecule has 3 fully saturated rings. The number of hydrogen-bond donors (Lipinski definition) is 5. The van der Waals surface area contributed by atoms with Gasteiger partial charge in [0.2, 0.25) is 17.7 Å². The lowest BCUT2D eigenvalue weighted by Gasteiger charge is -2.47. The summed E-state index contributed by atoms with van der Waals surface area (Å²) >= 11 is 3.20. The molecule has 14 nitrogen and oxygen atoms in total. The summed E-state index contributed by atoms with van der Waals surface area (Å²) in [5.41, 5.74) is 0.0440. The number of carbonyl (C=O) groups is 4. The lowest BCUT2D eigenvalue weighted by atomic mass is 9.78. The molecule has 0 saturated carbocycles. The van der Waals surface area contributed by atoms with E-state index in [0.29, 0.717) is 18.0 Å². The van der Waals surface area contributed by atoms with E-state index < -0.39 is 17.9 Å². The lowest BCUT2D eigenvalue weighted by molar-refractivity contribution is -0.158. The molecule has 4 aliphatic rings. The summed E-state index contributed by atoms with van der Waals surface area (Å²) < 4.78 is 1.28. The van der Waals surface area contributed by atoms with Crippen molar-refractivity contribution in [2.24, 2.45) is 11.8 Å². The van der Waals surface area contributed by atoms with Crippen LogP contribution in [0.2, 0.25) is 0 Å². The highest BCUT2D eigenvalue weighted by Gasteiger charge is 2.60. The van der Waals surface area contributed by atoms with Crippen LogP contribution in [0.3, 0.4) is 0 Å². The summed E-state index contributed by atoms with van der Waals surface area (Å²) in [4.78, 5) is 52.1. The molecule has 206 valence electrons. The molecule has 7 atom stereocenters. The Hall–Kier alpha value is -2.69. The summed E-state index contributed by atoms with van der Waals surface area (Å²) in [5, 5.41) is 33.2. The van der Waals surface area contributed by atoms with Crippen LogP contribution in [0.4, 0.5) is 0 Å². The molecule has 0 radical (unpaired) electrons. The number of carboxylic acids is 1. The predicted molar refractivity (Wildman–Crippen MR) is 138 cm³/mol. The first-order chi connectivity index (χ1) is 18.2. The van der Waals surface area contributed by atoms with Crippen LogP contribution >= 0.6 is 23.5 Å². The van der Waals surface area contributed by atoms with E-state index in [-0.39, 0.29) is 59.3 Å². The topological polar surface area (TPSA) is 183 Å². The number of carbonyl (C=O) groups excluding carboxylic acids is 3. The van der Waals surface area contributed by atoms with E-state index in [1.54, 1.807) is 18.7 Å². The quantitative estimate of drug-likeness (QED) is 0.201. The number of hydrogen-bond acceptors (Lipinski definition) is 11. The number of amides is 3. The molecular weight excluding hydrogens is 534 g/mol. The zero-order chi connectivity index (χ0) is 27.0. The number of nitrogens with one attached hydrogen (secondary N) is 4. The second-order valence-corrected chi connectivity index (χ2v) is 12.4. The van der Waals surface area contributed by atoms with Gasteiger partial charge in [-0.25, -0.2) is 9.48 Å². The van der Waals surface area contributed by atoms with Gasteiger partial charge in [-0.2, -0.15) is 0 Å². The molecule has 1 aromatic heterocycles. The van der Waals surface area contributed by atoms with Crippen molar-refractivity contribution in [1.29, 1.82) is 0 Å². The van der Waals surface area contributed by atoms with E-state index in [1.165, 1.54) is 27.7 Å². The van der Waals surface area contributed by atoms with Gasteiger partial charge < -0.3 is 26.0 Å². The van der Waals surface area contributed by atoms with Crippen molar-refractivity contribution >= 4 is 47.2 Å². The van der Waals surface area contributed by atoms with Gasteiger partial charge in [0, 0.05) is 52.9 Å². The molecule has 1 unspecified atom stereocenters. The molecule has 0 spiro atoms. The summed E-state index contributed by atoms with van der Waals surface area (Å²) in [6.07, 6.45) is 2.10. The third-order valence-corrected chi connectivity index (χ3v) is 9.90. The number of thioether (sulfide) groups is 2. The number of nitrogens with zero attached hydrogens (tertiary/aromatic N) is 5. The number of aromatic nitrogens is 4. The van der Waals surface area contributed by atoms with Gasteiger partial charge in [0.25, 0.3) is 0 Å². The molecule has 5 heterocycles. The van der Waals surface area contributed by atoms with Gasteiger partial charge in [-0.1, -0.05) is 6.92 Å². The monoisotopic (exact) mass is 565 g/mol. The largest absolute Gasteiger partial charge is 0.477 e. The third-order valence-electron chi connectivity index (χ3n) is 7.45. The maximum absolute atomic E-state index is 13.1. The van der Waals surface area contributed by atoms with Gasteiger partial charge >= 0.3 is 5.97 Å². The fraction of sp³-hybridized carbons (Fsp3) is 0.682. The standard InChI is InChI=1S/C22H31N9O5S2/c1-10-17-16(11(2)27-15(32)6-30-8-26-28-29-30)21(34)31(17)18(22(35)36)19(10)38-13-3-12(23-5-13)4-24-20(33)14-7-37-9-25-14/h8,10-14,16-17,23,25H,3-7,9H2,1-2H3,(H,24,33)(H,27,32)(H,35,36)/t10-,11-,12+,13+,14?,16-,17-/m1/s1. The van der Waals surface area contributed by atoms with Gasteiger partial charge in [0.05, 0.1) is 18.0 Å². The minimum Gasteiger partial charge on any atom is -0.477 e. The Balaban J connectivity index is 1.18. The third kappa shape index (κ3) is 5.26. The molecule has 0 aliphatic carbocycles. The molecule has 5 rings (SSSR count). The lowest BCUT2D eigenvalue weighted by Crippen LogP contribution is -2.66. The van der Waals surface area contributed by atoms with Crippen molar-refractivity contribution in [3.05, 3.63) is 16.9 Å². The fourth-order valence-corrected chi connectivity index (χ4v) is 8.06. The summed E-state index contributed by atoms with van der Waals surface area (Å²) in [6, 6.07) is -0.877. The van der Waals surface area contributed by atoms with E-state index >= 15 is 0 Å². The van der Waals surface area contributed by atoms with Crippen LogP contribution in [-0.2, 0) is 25.7 Å². The van der Waals surface area contributed by atoms with Crippen molar-refractivity contribution in [3.63, 3.8) is 0 Å². The molecule has 0 bridgehead atoms. The van der Waals surface area contributed by atoms with Crippen LogP contribution < -0.4 is 21.3 Å². The van der Waals surface area contributed by atoms with Crippen LogP contribution in [0, 0.1) is 11.8 Å². The molecule has 0 aromatic carbocycles. The highest BCUT2D eigenvalue weighted by molar-refractivity contribution is 8.03. The highest BCUT2D eigenvalue weighted by Crippen LogP contribution is 2.51. The number of aliphatic carboxylic acids is 1. The molecule has 4 aliphatic heterocycles. The van der Waals surface area contributed by atoms with Gasteiger partial charge in [-0.15, -0.1) is 28.6 Å². The molecule has 16 heteroatoms. The zero-order valence-corrected chi connectivity index (χ0v) is 22.6. The first kappa shape index (κ1) is 26.9. The molecule has 5 N–H and O–H groups in total. The zero-order valence-electron chi connectivity index (χ0n) is 21.0. The van der Waals surface area contributed by atoms with Crippen LogP contribution in [-0.4, -0.2) is 108 Å². The van der Waals surface area contributed by atoms with E-state index in [9.17, 15) is 24.3 Å². The second-order valence-electron chi connectivity index (χ2n) is 9.99. The van der Waals surface area contributed by atoms with E-state index in [0.717, 1.165) is 18.1 Å². The first-order valence-corrected chi connectivity index (χ1v) is 14.6. The summed E-state index contributed by atoms with van der Waals surface area (Å²) in [5.74, 6) is -0.910. The number of rotatable bonds is 10. The van der Waals surface area contributed by atoms with Crippen LogP contribution in [0.5, 0.6) is 0 Å².